The molecule has 0 aromatic heterocycles. The third-order valence-electron chi connectivity index (χ3n) is 8.44. The predicted octanol–water partition coefficient (Wildman–Crippen LogP) is 1.05. The zero-order valence-electron chi connectivity index (χ0n) is 30.3. The highest BCUT2D eigenvalue weighted by Gasteiger charge is 2.68. The summed E-state index contributed by atoms with van der Waals surface area (Å²) in [6.45, 7) is 4.99. The summed E-state index contributed by atoms with van der Waals surface area (Å²) in [6.07, 6.45) is -7.50. The monoisotopic (exact) mass is 762 g/mol. The van der Waals surface area contributed by atoms with Crippen molar-refractivity contribution >= 4 is 47.9 Å². The van der Waals surface area contributed by atoms with Crippen molar-refractivity contribution in [2.45, 2.75) is 96.3 Å². The zero-order valence-corrected chi connectivity index (χ0v) is 30.3. The van der Waals surface area contributed by atoms with E-state index in [1.165, 1.54) is 12.2 Å². The lowest BCUT2D eigenvalue weighted by Crippen LogP contribution is -2.64. The van der Waals surface area contributed by atoms with Gasteiger partial charge in [-0.05, 0) is 17.7 Å². The van der Waals surface area contributed by atoms with Crippen molar-refractivity contribution in [2.24, 2.45) is 11.8 Å². The van der Waals surface area contributed by atoms with E-state index in [9.17, 15) is 38.7 Å². The summed E-state index contributed by atoms with van der Waals surface area (Å²) >= 11 is 0. The molecule has 0 unspecified atom stereocenters. The van der Waals surface area contributed by atoms with Gasteiger partial charge in [0.25, 0.3) is 0 Å². The van der Waals surface area contributed by atoms with Crippen molar-refractivity contribution in [3.05, 3.63) is 54.3 Å². The van der Waals surface area contributed by atoms with E-state index < -0.39 is 122 Å². The van der Waals surface area contributed by atoms with Crippen LogP contribution in [0.15, 0.2) is 48.7 Å². The maximum atomic E-state index is 12.9. The second-order valence-electron chi connectivity index (χ2n) is 12.6. The van der Waals surface area contributed by atoms with Gasteiger partial charge in [-0.3, -0.25) is 28.8 Å². The first-order chi connectivity index (χ1) is 25.5. The first kappa shape index (κ1) is 41.4. The van der Waals surface area contributed by atoms with E-state index in [-0.39, 0.29) is 0 Å². The van der Waals surface area contributed by atoms with Gasteiger partial charge >= 0.3 is 41.8 Å². The molecule has 2 heterocycles. The summed E-state index contributed by atoms with van der Waals surface area (Å²) in [6, 6.07) is 8.78. The van der Waals surface area contributed by atoms with Crippen LogP contribution < -0.4 is 0 Å². The zero-order chi connectivity index (χ0) is 39.7. The Hall–Kier alpha value is -5.33. The van der Waals surface area contributed by atoms with E-state index >= 15 is 0 Å². The van der Waals surface area contributed by atoms with Gasteiger partial charge in [-0.2, -0.15) is 0 Å². The van der Waals surface area contributed by atoms with Crippen LogP contribution in [0.4, 0.5) is 0 Å². The molecular weight excluding hydrogens is 720 g/mol. The SMILES string of the molecule is CC(=O)OC[C@H]1O[C@@H](O[C@@H]2OC=C[C@H]3[C@H](OC(C)=O)[C@H](OC(C)=O)[C@](O)(COC(=O)/C=C/c4ccccc4)[C@@H]23)[C@H](OC(C)=O)[C@@H](OC(C)=O)[C@@H]1OC(C)=O. The van der Waals surface area contributed by atoms with E-state index in [4.69, 9.17) is 47.4 Å². The molecule has 2 aliphatic heterocycles. The highest BCUT2D eigenvalue weighted by atomic mass is 16.8. The molecule has 2 fully saturated rings. The minimum absolute atomic E-state index is 0.561. The second-order valence-corrected chi connectivity index (χ2v) is 12.6. The summed E-state index contributed by atoms with van der Waals surface area (Å²) in [5, 5.41) is 12.5. The molecule has 54 heavy (non-hydrogen) atoms. The lowest BCUT2D eigenvalue weighted by molar-refractivity contribution is -0.350. The number of rotatable bonds is 13. The van der Waals surface area contributed by atoms with Crippen LogP contribution in [-0.4, -0.2) is 115 Å². The van der Waals surface area contributed by atoms with Crippen LogP contribution >= 0.6 is 0 Å². The molecule has 4 rings (SSSR count). The van der Waals surface area contributed by atoms with Gasteiger partial charge in [0.1, 0.15) is 31.0 Å². The molecular formula is C36H42O18. The van der Waals surface area contributed by atoms with E-state index in [1.807, 2.05) is 0 Å². The Labute approximate surface area is 309 Å². The fourth-order valence-corrected chi connectivity index (χ4v) is 6.53. The van der Waals surface area contributed by atoms with Crippen molar-refractivity contribution < 1.29 is 86.0 Å². The molecule has 294 valence electrons. The van der Waals surface area contributed by atoms with Crippen LogP contribution in [0.1, 0.15) is 47.1 Å². The van der Waals surface area contributed by atoms with E-state index in [0.29, 0.717) is 5.56 Å². The van der Waals surface area contributed by atoms with Crippen LogP contribution in [-0.2, 0) is 80.9 Å². The Morgan fingerprint density at radius 1 is 0.704 bits per heavy atom. The van der Waals surface area contributed by atoms with E-state index in [0.717, 1.165) is 53.9 Å². The molecule has 0 spiro atoms. The molecule has 1 saturated heterocycles. The van der Waals surface area contributed by atoms with Gasteiger partial charge in [0.05, 0.1) is 12.2 Å². The average molecular weight is 763 g/mol. The van der Waals surface area contributed by atoms with E-state index in [1.54, 1.807) is 30.3 Å². The number of fused-ring (bicyclic) bond motifs is 1. The summed E-state index contributed by atoms with van der Waals surface area (Å²) in [7, 11) is 0. The van der Waals surface area contributed by atoms with Gasteiger partial charge in [0.15, 0.2) is 24.4 Å². The quantitative estimate of drug-likeness (QED) is 0.168. The highest BCUT2D eigenvalue weighted by molar-refractivity contribution is 5.87. The lowest BCUT2D eigenvalue weighted by Gasteiger charge is -2.46. The number of ether oxygens (including phenoxy) is 10. The summed E-state index contributed by atoms with van der Waals surface area (Å²) < 4.78 is 56.1. The molecule has 1 aromatic rings. The third-order valence-corrected chi connectivity index (χ3v) is 8.44. The van der Waals surface area contributed by atoms with Gasteiger partial charge in [-0.25, -0.2) is 4.79 Å². The Morgan fingerprint density at radius 2 is 1.28 bits per heavy atom. The van der Waals surface area contributed by atoms with Gasteiger partial charge in [0, 0.05) is 53.5 Å². The van der Waals surface area contributed by atoms with Crippen molar-refractivity contribution in [1.82, 2.24) is 0 Å². The molecule has 1 saturated carbocycles. The first-order valence-electron chi connectivity index (χ1n) is 16.7. The standard InChI is InChI=1S/C36H42O18/c1-18(37)46-16-26-30(49-20(3)39)31(50-21(4)40)32(51-22(5)41)35(53-26)54-34-28-25(14-15-45-34)29(48-19(2)38)33(52-23(6)42)36(28,44)17-47-27(43)13-12-24-10-8-7-9-11-24/h7-15,25-26,28-35,44H,16-17H2,1-6H3/b13-12+/t25-,26-,28-,29+,30-,31+,32-,33+,34+,35+,36+/m1/s1. The predicted molar refractivity (Wildman–Crippen MR) is 177 cm³/mol. The molecule has 0 bridgehead atoms. The highest BCUT2D eigenvalue weighted by Crippen LogP contribution is 2.50. The molecule has 0 amide bonds. The normalized spacial score (nSPS) is 31.2. The van der Waals surface area contributed by atoms with Crippen molar-refractivity contribution in [1.29, 1.82) is 0 Å². The fraction of sp³-hybridized carbons (Fsp3) is 0.528. The number of benzene rings is 1. The van der Waals surface area contributed by atoms with Crippen molar-refractivity contribution in [3.8, 4) is 0 Å². The smallest absolute Gasteiger partial charge is 0.330 e. The number of carbonyl (C=O) groups is 7. The number of hydrogen-bond acceptors (Lipinski definition) is 18. The van der Waals surface area contributed by atoms with E-state index in [2.05, 4.69) is 0 Å². The largest absolute Gasteiger partial charge is 0.472 e. The minimum atomic E-state index is -2.40. The minimum Gasteiger partial charge on any atom is -0.472 e. The molecule has 11 atom stereocenters. The van der Waals surface area contributed by atoms with Crippen molar-refractivity contribution in [3.63, 3.8) is 0 Å². The molecule has 0 radical (unpaired) electrons. The van der Waals surface area contributed by atoms with Gasteiger partial charge in [0.2, 0.25) is 12.6 Å². The number of hydrogen-bond donors (Lipinski definition) is 1. The van der Waals surface area contributed by atoms with Crippen LogP contribution in [0, 0.1) is 11.8 Å². The Kier molecular flexibility index (Phi) is 13.9. The number of aliphatic hydroxyl groups is 1. The maximum absolute atomic E-state index is 12.9. The average Bonchev–Trinajstić information content (AvgIpc) is 3.31. The Morgan fingerprint density at radius 3 is 1.87 bits per heavy atom. The molecule has 18 heteroatoms. The van der Waals surface area contributed by atoms with Gasteiger partial charge < -0.3 is 52.5 Å². The second kappa shape index (κ2) is 18.1. The summed E-state index contributed by atoms with van der Waals surface area (Å²) in [4.78, 5) is 86.3. The summed E-state index contributed by atoms with van der Waals surface area (Å²) in [5.41, 5.74) is -1.73. The number of carbonyl (C=O) groups excluding carboxylic acids is 7. The Bertz CT molecular complexity index is 1620. The molecule has 3 aliphatic rings. The first-order valence-corrected chi connectivity index (χ1v) is 16.7. The molecule has 1 aliphatic carbocycles. The van der Waals surface area contributed by atoms with Gasteiger partial charge in [-0.1, -0.05) is 30.3 Å². The lowest BCUT2D eigenvalue weighted by atomic mass is 9.83. The topological polar surface area (TPSA) is 232 Å². The molecule has 18 nitrogen and oxygen atoms in total. The maximum Gasteiger partial charge on any atom is 0.330 e. The number of esters is 7. The molecule has 1 aromatic carbocycles. The van der Waals surface area contributed by atoms with Gasteiger partial charge in [-0.15, -0.1) is 0 Å². The van der Waals surface area contributed by atoms with Crippen LogP contribution in [0.25, 0.3) is 6.08 Å². The fourth-order valence-electron chi connectivity index (χ4n) is 6.53. The van der Waals surface area contributed by atoms with Crippen LogP contribution in [0.2, 0.25) is 0 Å². The Balaban J connectivity index is 1.75. The summed E-state index contributed by atoms with van der Waals surface area (Å²) in [5.74, 6) is -8.41. The van der Waals surface area contributed by atoms with Crippen LogP contribution in [0.3, 0.4) is 0 Å². The van der Waals surface area contributed by atoms with Crippen LogP contribution in [0.5, 0.6) is 0 Å². The van der Waals surface area contributed by atoms with Crippen molar-refractivity contribution in [2.75, 3.05) is 13.2 Å². The third kappa shape index (κ3) is 10.4. The molecule has 1 N–H and O–H groups in total.